The summed E-state index contributed by atoms with van der Waals surface area (Å²) >= 11 is 0. The summed E-state index contributed by atoms with van der Waals surface area (Å²) in [6.07, 6.45) is 8.48. The zero-order valence-electron chi connectivity index (χ0n) is 12.8. The van der Waals surface area contributed by atoms with E-state index in [9.17, 15) is 0 Å². The van der Waals surface area contributed by atoms with Gasteiger partial charge in [0.15, 0.2) is 0 Å². The summed E-state index contributed by atoms with van der Waals surface area (Å²) in [6, 6.07) is 5.61. The van der Waals surface area contributed by atoms with Crippen LogP contribution in [-0.4, -0.2) is 39.1 Å². The van der Waals surface area contributed by atoms with Crippen LogP contribution in [0.4, 0.5) is 5.69 Å². The number of fused-ring (bicyclic) bond motifs is 1. The topological polar surface area (TPSA) is 81.7 Å². The lowest BCUT2D eigenvalue weighted by Crippen LogP contribution is -2.11. The summed E-state index contributed by atoms with van der Waals surface area (Å²) < 4.78 is 7.34. The van der Waals surface area contributed by atoms with Crippen molar-refractivity contribution in [2.75, 3.05) is 11.9 Å². The van der Waals surface area contributed by atoms with Crippen LogP contribution in [0.15, 0.2) is 53.9 Å². The highest BCUT2D eigenvalue weighted by Crippen LogP contribution is 2.31. The molecule has 0 bridgehead atoms. The van der Waals surface area contributed by atoms with Crippen molar-refractivity contribution in [1.82, 2.24) is 24.7 Å². The number of nitrogens with one attached hydrogen (secondary N) is 1. The molecule has 1 N–H and O–H groups in total. The molecule has 0 aliphatic rings. The third-order valence-electron chi connectivity index (χ3n) is 3.71. The fourth-order valence-corrected chi connectivity index (χ4v) is 2.58. The molecule has 0 saturated carbocycles. The summed E-state index contributed by atoms with van der Waals surface area (Å²) in [7, 11) is 5.95. The Kier molecular flexibility index (Phi) is 3.70. The number of imidazole rings is 1. The molecule has 116 valence electrons. The SMILES string of the molecule is [B]c1ccc2ncc(-c3nnco3)c(NCCn3ccnc3)c2c1. The van der Waals surface area contributed by atoms with Gasteiger partial charge in [0.1, 0.15) is 7.85 Å². The van der Waals surface area contributed by atoms with Crippen molar-refractivity contribution in [3.05, 3.63) is 49.5 Å². The smallest absolute Gasteiger partial charge is 0.251 e. The number of pyridine rings is 1. The standard InChI is InChI=1S/C16H13BN6O/c17-11-1-2-14-12(7-11)15(19-4-6-23-5-3-18-9-23)13(8-20-14)16-22-21-10-24-16/h1-3,5,7-10H,4,6H2,(H,19,20). The summed E-state index contributed by atoms with van der Waals surface area (Å²) in [5.41, 5.74) is 3.13. The summed E-state index contributed by atoms with van der Waals surface area (Å²) in [4.78, 5) is 8.50. The predicted octanol–water partition coefficient (Wildman–Crippen LogP) is 1.39. The number of rotatable bonds is 5. The van der Waals surface area contributed by atoms with E-state index in [0.717, 1.165) is 28.7 Å². The molecule has 8 heteroatoms. The number of anilines is 1. The highest BCUT2D eigenvalue weighted by atomic mass is 16.4. The Morgan fingerprint density at radius 3 is 3.04 bits per heavy atom. The minimum absolute atomic E-state index is 0.414. The van der Waals surface area contributed by atoms with Gasteiger partial charge >= 0.3 is 0 Å². The van der Waals surface area contributed by atoms with E-state index >= 15 is 0 Å². The van der Waals surface area contributed by atoms with Crippen molar-refractivity contribution < 1.29 is 4.42 Å². The Morgan fingerprint density at radius 1 is 1.29 bits per heavy atom. The maximum atomic E-state index is 5.95. The van der Waals surface area contributed by atoms with Crippen molar-refractivity contribution in [3.8, 4) is 11.5 Å². The van der Waals surface area contributed by atoms with Crippen LogP contribution in [0.5, 0.6) is 0 Å². The van der Waals surface area contributed by atoms with Crippen LogP contribution in [0, 0.1) is 0 Å². The van der Waals surface area contributed by atoms with Gasteiger partial charge in [0.25, 0.3) is 5.89 Å². The van der Waals surface area contributed by atoms with E-state index in [4.69, 9.17) is 12.3 Å². The highest BCUT2D eigenvalue weighted by molar-refractivity contribution is 6.33. The normalized spacial score (nSPS) is 11.0. The molecule has 0 fully saturated rings. The second-order valence-electron chi connectivity index (χ2n) is 5.29. The van der Waals surface area contributed by atoms with Crippen LogP contribution < -0.4 is 10.8 Å². The maximum absolute atomic E-state index is 5.95. The minimum Gasteiger partial charge on any atom is -0.423 e. The van der Waals surface area contributed by atoms with Gasteiger partial charge in [-0.1, -0.05) is 17.6 Å². The number of hydrogen-bond donors (Lipinski definition) is 1. The lowest BCUT2D eigenvalue weighted by atomic mass is 9.93. The molecule has 0 aliphatic carbocycles. The Morgan fingerprint density at radius 2 is 2.25 bits per heavy atom. The van der Waals surface area contributed by atoms with Gasteiger partial charge in [0, 0.05) is 37.1 Å². The molecule has 0 unspecified atom stereocenters. The molecule has 0 aliphatic heterocycles. The van der Waals surface area contributed by atoms with Crippen molar-refractivity contribution in [1.29, 1.82) is 0 Å². The zero-order chi connectivity index (χ0) is 16.4. The molecule has 4 rings (SSSR count). The number of nitrogens with zero attached hydrogens (tertiary/aromatic N) is 5. The molecule has 2 radical (unpaired) electrons. The molecular formula is C16H13BN6O. The Hall–Kier alpha value is -3.16. The average molecular weight is 316 g/mol. The molecular weight excluding hydrogens is 303 g/mol. The first-order valence-electron chi connectivity index (χ1n) is 7.45. The van der Waals surface area contributed by atoms with E-state index in [0.29, 0.717) is 17.9 Å². The quantitative estimate of drug-likeness (QED) is 0.560. The van der Waals surface area contributed by atoms with Gasteiger partial charge in [-0.25, -0.2) is 4.98 Å². The van der Waals surface area contributed by atoms with Crippen LogP contribution in [0.1, 0.15) is 0 Å². The molecule has 1 aromatic carbocycles. The van der Waals surface area contributed by atoms with E-state index in [-0.39, 0.29) is 0 Å². The van der Waals surface area contributed by atoms with Gasteiger partial charge in [0.05, 0.1) is 23.1 Å². The van der Waals surface area contributed by atoms with Crippen LogP contribution in [0.2, 0.25) is 0 Å². The molecule has 0 amide bonds. The fraction of sp³-hybridized carbons (Fsp3) is 0.125. The van der Waals surface area contributed by atoms with Gasteiger partial charge in [0.2, 0.25) is 6.39 Å². The van der Waals surface area contributed by atoms with Crippen LogP contribution in [0.25, 0.3) is 22.4 Å². The summed E-state index contributed by atoms with van der Waals surface area (Å²) in [5.74, 6) is 0.414. The summed E-state index contributed by atoms with van der Waals surface area (Å²) in [6.45, 7) is 1.47. The van der Waals surface area contributed by atoms with Crippen molar-refractivity contribution in [2.24, 2.45) is 0 Å². The van der Waals surface area contributed by atoms with Gasteiger partial charge in [-0.3, -0.25) is 4.98 Å². The molecule has 24 heavy (non-hydrogen) atoms. The number of benzene rings is 1. The van der Waals surface area contributed by atoms with Crippen LogP contribution in [-0.2, 0) is 6.54 Å². The molecule has 4 aromatic rings. The van der Waals surface area contributed by atoms with Gasteiger partial charge in [-0.2, -0.15) is 0 Å². The third-order valence-corrected chi connectivity index (χ3v) is 3.71. The highest BCUT2D eigenvalue weighted by Gasteiger charge is 2.14. The third kappa shape index (κ3) is 2.73. The average Bonchev–Trinajstić information content (AvgIpc) is 3.28. The molecule has 7 nitrogen and oxygen atoms in total. The second-order valence-corrected chi connectivity index (χ2v) is 5.29. The van der Waals surface area contributed by atoms with E-state index < -0.39 is 0 Å². The van der Waals surface area contributed by atoms with Crippen LogP contribution >= 0.6 is 0 Å². The number of aromatic nitrogens is 5. The van der Waals surface area contributed by atoms with Gasteiger partial charge in [-0.05, 0) is 6.07 Å². The van der Waals surface area contributed by atoms with Crippen molar-refractivity contribution in [2.45, 2.75) is 6.54 Å². The largest absolute Gasteiger partial charge is 0.423 e. The lowest BCUT2D eigenvalue weighted by molar-refractivity contribution is 0.568. The second kappa shape index (κ2) is 6.15. The van der Waals surface area contributed by atoms with E-state index in [1.807, 2.05) is 29.0 Å². The Bertz CT molecular complexity index is 952. The monoisotopic (exact) mass is 316 g/mol. The molecule has 0 atom stereocenters. The van der Waals surface area contributed by atoms with E-state index in [2.05, 4.69) is 25.5 Å². The molecule has 3 heterocycles. The summed E-state index contributed by atoms with van der Waals surface area (Å²) in [5, 5.41) is 12.1. The molecule has 0 spiro atoms. The molecule has 0 saturated heterocycles. The van der Waals surface area contributed by atoms with Gasteiger partial charge in [-0.15, -0.1) is 10.2 Å². The molecule has 3 aromatic heterocycles. The van der Waals surface area contributed by atoms with Gasteiger partial charge < -0.3 is 14.3 Å². The zero-order valence-corrected chi connectivity index (χ0v) is 12.8. The van der Waals surface area contributed by atoms with E-state index in [1.165, 1.54) is 6.39 Å². The Balaban J connectivity index is 1.74. The Labute approximate surface area is 139 Å². The predicted molar refractivity (Wildman–Crippen MR) is 91.1 cm³/mol. The van der Waals surface area contributed by atoms with Crippen LogP contribution in [0.3, 0.4) is 0 Å². The number of hydrogen-bond acceptors (Lipinski definition) is 6. The van der Waals surface area contributed by atoms with Crippen molar-refractivity contribution >= 4 is 29.9 Å². The fourth-order valence-electron chi connectivity index (χ4n) is 2.58. The lowest BCUT2D eigenvalue weighted by Gasteiger charge is -2.13. The first-order chi connectivity index (χ1) is 11.8. The van der Waals surface area contributed by atoms with Crippen molar-refractivity contribution in [3.63, 3.8) is 0 Å². The van der Waals surface area contributed by atoms with E-state index in [1.54, 1.807) is 18.7 Å². The first kappa shape index (κ1) is 14.4. The maximum Gasteiger partial charge on any atom is 0.251 e. The first-order valence-corrected chi connectivity index (χ1v) is 7.45. The minimum atomic E-state index is 0.414.